The van der Waals surface area contributed by atoms with Crippen molar-refractivity contribution < 1.29 is 9.32 Å². The Hall–Kier alpha value is -1.55. The second kappa shape index (κ2) is 6.06. The predicted octanol–water partition coefficient (Wildman–Crippen LogP) is 4.18. The van der Waals surface area contributed by atoms with E-state index in [0.29, 0.717) is 6.42 Å². The number of carbonyl (C=O) groups excluding carboxylic acids is 1. The number of nitrogens with zero attached hydrogens (tertiary/aromatic N) is 1. The van der Waals surface area contributed by atoms with Crippen LogP contribution in [0.4, 0.5) is 0 Å². The molecule has 3 nitrogen and oxygen atoms in total. The molecule has 0 N–H and O–H groups in total. The van der Waals surface area contributed by atoms with Crippen molar-refractivity contribution >= 4 is 17.5 Å². The van der Waals surface area contributed by atoms with E-state index in [0.717, 1.165) is 33.2 Å². The van der Waals surface area contributed by atoms with E-state index in [1.807, 2.05) is 45.0 Å². The van der Waals surface area contributed by atoms with Gasteiger partial charge in [0.1, 0.15) is 5.76 Å². The zero-order valence-electron chi connectivity index (χ0n) is 11.4. The zero-order valence-corrected chi connectivity index (χ0v) is 12.2. The van der Waals surface area contributed by atoms with E-state index in [9.17, 15) is 4.79 Å². The third-order valence-electron chi connectivity index (χ3n) is 3.06. The zero-order chi connectivity index (χ0) is 13.8. The molecule has 2 aromatic rings. The molecule has 0 atom stereocenters. The largest absolute Gasteiger partial charge is 0.361 e. The summed E-state index contributed by atoms with van der Waals surface area (Å²) in [5.41, 5.74) is 2.88. The van der Waals surface area contributed by atoms with E-state index in [-0.39, 0.29) is 5.78 Å². The monoisotopic (exact) mass is 275 g/mol. The van der Waals surface area contributed by atoms with Crippen LogP contribution in [0.5, 0.6) is 0 Å². The number of Topliss-reactive ketones (excluding diaryl/α,β-unsaturated/α-hetero) is 1. The van der Waals surface area contributed by atoms with Gasteiger partial charge in [-0.1, -0.05) is 24.2 Å². The standard InChI is InChI=1S/C15H17NO2S/c1-4-15(17)12-5-7-13(8-6-12)19-9-14-10(2)16-18-11(14)3/h5-8H,4,9H2,1-3H3. The van der Waals surface area contributed by atoms with Gasteiger partial charge in [0.05, 0.1) is 5.69 Å². The van der Waals surface area contributed by atoms with Crippen molar-refractivity contribution in [2.75, 3.05) is 0 Å². The van der Waals surface area contributed by atoms with Crippen molar-refractivity contribution in [3.8, 4) is 0 Å². The van der Waals surface area contributed by atoms with E-state index in [4.69, 9.17) is 4.52 Å². The molecule has 0 unspecified atom stereocenters. The third kappa shape index (κ3) is 3.26. The number of aryl methyl sites for hydroxylation is 2. The fourth-order valence-electron chi connectivity index (χ4n) is 1.80. The van der Waals surface area contributed by atoms with Gasteiger partial charge in [-0.3, -0.25) is 4.79 Å². The number of hydrogen-bond donors (Lipinski definition) is 0. The van der Waals surface area contributed by atoms with Gasteiger partial charge in [-0.25, -0.2) is 0 Å². The first-order valence-corrected chi connectivity index (χ1v) is 7.28. The Labute approximate surface area is 117 Å². The van der Waals surface area contributed by atoms with Crippen LogP contribution in [-0.4, -0.2) is 10.9 Å². The number of aromatic nitrogens is 1. The molecule has 19 heavy (non-hydrogen) atoms. The molecule has 0 saturated heterocycles. The van der Waals surface area contributed by atoms with Crippen LogP contribution in [0.2, 0.25) is 0 Å². The Morgan fingerprint density at radius 2 is 1.95 bits per heavy atom. The van der Waals surface area contributed by atoms with Gasteiger partial charge in [-0.05, 0) is 26.0 Å². The average molecular weight is 275 g/mol. The van der Waals surface area contributed by atoms with E-state index in [1.54, 1.807) is 11.8 Å². The molecule has 0 aliphatic rings. The fraction of sp³-hybridized carbons (Fsp3) is 0.333. The number of benzene rings is 1. The normalized spacial score (nSPS) is 10.7. The highest BCUT2D eigenvalue weighted by atomic mass is 32.2. The summed E-state index contributed by atoms with van der Waals surface area (Å²) < 4.78 is 5.14. The Morgan fingerprint density at radius 1 is 1.26 bits per heavy atom. The van der Waals surface area contributed by atoms with Crippen molar-refractivity contribution in [2.45, 2.75) is 37.8 Å². The number of hydrogen-bond acceptors (Lipinski definition) is 4. The summed E-state index contributed by atoms with van der Waals surface area (Å²) in [6, 6.07) is 7.76. The molecule has 0 radical (unpaired) electrons. The van der Waals surface area contributed by atoms with Gasteiger partial charge >= 0.3 is 0 Å². The van der Waals surface area contributed by atoms with Crippen molar-refractivity contribution in [1.82, 2.24) is 5.16 Å². The van der Waals surface area contributed by atoms with Crippen LogP contribution in [0.15, 0.2) is 33.7 Å². The SMILES string of the molecule is CCC(=O)c1ccc(SCc2c(C)noc2C)cc1. The van der Waals surface area contributed by atoms with Gasteiger partial charge < -0.3 is 4.52 Å². The molecular formula is C15H17NO2S. The second-order valence-corrected chi connectivity index (χ2v) is 5.44. The highest BCUT2D eigenvalue weighted by Gasteiger charge is 2.09. The van der Waals surface area contributed by atoms with E-state index in [2.05, 4.69) is 5.16 Å². The Balaban J connectivity index is 2.03. The van der Waals surface area contributed by atoms with Gasteiger partial charge in [-0.2, -0.15) is 0 Å². The molecule has 0 saturated carbocycles. The highest BCUT2D eigenvalue weighted by molar-refractivity contribution is 7.98. The summed E-state index contributed by atoms with van der Waals surface area (Å²) in [6.07, 6.45) is 0.547. The van der Waals surface area contributed by atoms with Gasteiger partial charge in [-0.15, -0.1) is 11.8 Å². The van der Waals surface area contributed by atoms with Gasteiger partial charge in [0.25, 0.3) is 0 Å². The lowest BCUT2D eigenvalue weighted by atomic mass is 10.1. The first-order chi connectivity index (χ1) is 9.11. The Kier molecular flexibility index (Phi) is 4.43. The number of thioether (sulfide) groups is 1. The second-order valence-electron chi connectivity index (χ2n) is 4.39. The molecule has 0 amide bonds. The molecule has 1 heterocycles. The minimum Gasteiger partial charge on any atom is -0.361 e. The van der Waals surface area contributed by atoms with Crippen LogP contribution < -0.4 is 0 Å². The molecule has 2 rings (SSSR count). The average Bonchev–Trinajstić information content (AvgIpc) is 2.75. The molecule has 100 valence electrons. The molecule has 0 fully saturated rings. The molecule has 0 aliphatic heterocycles. The highest BCUT2D eigenvalue weighted by Crippen LogP contribution is 2.26. The minimum absolute atomic E-state index is 0.183. The van der Waals surface area contributed by atoms with E-state index < -0.39 is 0 Å². The van der Waals surface area contributed by atoms with Crippen molar-refractivity contribution in [1.29, 1.82) is 0 Å². The summed E-state index contributed by atoms with van der Waals surface area (Å²) in [6.45, 7) is 5.76. The van der Waals surface area contributed by atoms with Crippen molar-refractivity contribution in [3.05, 3.63) is 46.8 Å². The maximum Gasteiger partial charge on any atom is 0.162 e. The lowest BCUT2D eigenvalue weighted by Gasteiger charge is -2.03. The van der Waals surface area contributed by atoms with E-state index in [1.165, 1.54) is 0 Å². The predicted molar refractivity (Wildman–Crippen MR) is 76.6 cm³/mol. The summed E-state index contributed by atoms with van der Waals surface area (Å²) in [5, 5.41) is 3.94. The molecule has 0 bridgehead atoms. The van der Waals surface area contributed by atoms with Crippen molar-refractivity contribution in [3.63, 3.8) is 0 Å². The lowest BCUT2D eigenvalue weighted by Crippen LogP contribution is -1.95. The maximum atomic E-state index is 11.5. The van der Waals surface area contributed by atoms with Crippen LogP contribution in [-0.2, 0) is 5.75 Å². The number of rotatable bonds is 5. The molecule has 1 aromatic carbocycles. The summed E-state index contributed by atoms with van der Waals surface area (Å²) in [5.74, 6) is 1.90. The first kappa shape index (κ1) is 13.9. The van der Waals surface area contributed by atoms with Crippen LogP contribution in [0.3, 0.4) is 0 Å². The van der Waals surface area contributed by atoms with Gasteiger partial charge in [0.2, 0.25) is 0 Å². The van der Waals surface area contributed by atoms with Crippen LogP contribution >= 0.6 is 11.8 Å². The molecular weight excluding hydrogens is 258 g/mol. The number of carbonyl (C=O) groups is 1. The van der Waals surface area contributed by atoms with Gasteiger partial charge in [0, 0.05) is 28.2 Å². The number of ketones is 1. The maximum absolute atomic E-state index is 11.5. The fourth-order valence-corrected chi connectivity index (χ4v) is 2.86. The minimum atomic E-state index is 0.183. The Bertz CT molecular complexity index is 553. The summed E-state index contributed by atoms with van der Waals surface area (Å²) >= 11 is 1.72. The molecule has 0 aliphatic carbocycles. The lowest BCUT2D eigenvalue weighted by molar-refractivity contribution is 0.0988. The summed E-state index contributed by atoms with van der Waals surface area (Å²) in [4.78, 5) is 12.7. The third-order valence-corrected chi connectivity index (χ3v) is 4.10. The van der Waals surface area contributed by atoms with Crippen LogP contribution in [0.1, 0.15) is 40.7 Å². The molecule has 0 spiro atoms. The Morgan fingerprint density at radius 3 is 2.47 bits per heavy atom. The topological polar surface area (TPSA) is 43.1 Å². The van der Waals surface area contributed by atoms with Gasteiger partial charge in [0.15, 0.2) is 5.78 Å². The molecule has 1 aromatic heterocycles. The van der Waals surface area contributed by atoms with Crippen LogP contribution in [0.25, 0.3) is 0 Å². The first-order valence-electron chi connectivity index (χ1n) is 6.29. The van der Waals surface area contributed by atoms with Crippen molar-refractivity contribution in [2.24, 2.45) is 0 Å². The summed E-state index contributed by atoms with van der Waals surface area (Å²) in [7, 11) is 0. The van der Waals surface area contributed by atoms with E-state index >= 15 is 0 Å². The smallest absolute Gasteiger partial charge is 0.162 e. The van der Waals surface area contributed by atoms with Crippen LogP contribution in [0, 0.1) is 13.8 Å². The molecule has 4 heteroatoms. The quantitative estimate of drug-likeness (QED) is 0.606.